The maximum atomic E-state index is 12.6. The molecule has 0 saturated carbocycles. The molecular weight excluding hydrogens is 528 g/mol. The monoisotopic (exact) mass is 560 g/mol. The number of carboxylic acid groups (broad SMARTS) is 1. The minimum Gasteiger partial charge on any atom is -0.480 e. The maximum Gasteiger partial charge on any atom is 0.407 e. The van der Waals surface area contributed by atoms with E-state index in [1.165, 1.54) is 6.92 Å². The minimum absolute atomic E-state index is 0.0146. The van der Waals surface area contributed by atoms with Gasteiger partial charge in [0, 0.05) is 12.8 Å². The molecule has 0 unspecified atom stereocenters. The Morgan fingerprint density at radius 3 is 2.21 bits per heavy atom. The Hall–Kier alpha value is -3.16. The maximum absolute atomic E-state index is 12.6. The number of carbonyl (C=O) groups is 3. The molecule has 2 aliphatic rings. The largest absolute Gasteiger partial charge is 0.480 e. The van der Waals surface area contributed by atoms with Crippen LogP contribution in [0.5, 0.6) is 0 Å². The number of hydrogen-bond acceptors (Lipinski definition) is 9. The van der Waals surface area contributed by atoms with Crippen molar-refractivity contribution < 1.29 is 44.3 Å². The lowest BCUT2D eigenvalue weighted by atomic mass is 9.98. The highest BCUT2D eigenvalue weighted by Crippen LogP contribution is 2.44. The van der Waals surface area contributed by atoms with Crippen LogP contribution in [0.3, 0.4) is 0 Å². The smallest absolute Gasteiger partial charge is 0.407 e. The third-order valence-corrected chi connectivity index (χ3v) is 8.08. The van der Waals surface area contributed by atoms with Gasteiger partial charge in [-0.15, -0.1) is 11.8 Å². The molecule has 11 nitrogen and oxygen atoms in total. The highest BCUT2D eigenvalue weighted by Gasteiger charge is 2.45. The Bertz CT molecular complexity index is 1150. The molecule has 2 aromatic rings. The van der Waals surface area contributed by atoms with Gasteiger partial charge in [0.05, 0.1) is 12.6 Å². The SMILES string of the molecule is CC(=O)N[C@@H]1[C@@H](O)[C@H](O)[C@@H](CO)O[C@H]1SCC[C@H](NC(=O)OCC1c2ccccc2-c2ccccc21)C(=O)O. The first-order valence-corrected chi connectivity index (χ1v) is 13.6. The van der Waals surface area contributed by atoms with E-state index < -0.39 is 60.4 Å². The number of benzene rings is 2. The number of hydrogen-bond donors (Lipinski definition) is 6. The van der Waals surface area contributed by atoms with Crippen LogP contribution < -0.4 is 10.6 Å². The van der Waals surface area contributed by atoms with Crippen molar-refractivity contribution in [1.29, 1.82) is 0 Å². The van der Waals surface area contributed by atoms with Gasteiger partial charge in [-0.05, 0) is 34.4 Å². The van der Waals surface area contributed by atoms with E-state index >= 15 is 0 Å². The predicted molar refractivity (Wildman–Crippen MR) is 142 cm³/mol. The average Bonchev–Trinajstić information content (AvgIpc) is 3.24. The number of aliphatic hydroxyl groups is 3. The van der Waals surface area contributed by atoms with Crippen molar-refractivity contribution in [3.63, 3.8) is 0 Å². The number of alkyl carbamates (subject to hydrolysis) is 1. The zero-order valence-electron chi connectivity index (χ0n) is 21.2. The van der Waals surface area contributed by atoms with E-state index in [1.807, 2.05) is 48.5 Å². The number of rotatable bonds is 10. The molecule has 1 heterocycles. The number of carboxylic acids is 1. The zero-order valence-corrected chi connectivity index (χ0v) is 22.0. The molecule has 1 fully saturated rings. The highest BCUT2D eigenvalue weighted by molar-refractivity contribution is 7.99. The number of nitrogens with one attached hydrogen (secondary N) is 2. The quantitative estimate of drug-likeness (QED) is 0.246. The molecule has 1 saturated heterocycles. The van der Waals surface area contributed by atoms with E-state index in [0.29, 0.717) is 0 Å². The minimum atomic E-state index is -1.41. The summed E-state index contributed by atoms with van der Waals surface area (Å²) in [4.78, 5) is 36.0. The fraction of sp³-hybridized carbons (Fsp3) is 0.444. The summed E-state index contributed by atoms with van der Waals surface area (Å²) in [5, 5.41) is 44.6. The summed E-state index contributed by atoms with van der Waals surface area (Å²) in [6, 6.07) is 13.5. The fourth-order valence-electron chi connectivity index (χ4n) is 4.95. The Balaban J connectivity index is 1.33. The molecule has 0 bridgehead atoms. The van der Waals surface area contributed by atoms with Crippen LogP contribution in [0.4, 0.5) is 4.79 Å². The summed E-state index contributed by atoms with van der Waals surface area (Å²) in [5.74, 6) is -1.72. The lowest BCUT2D eigenvalue weighted by Gasteiger charge is -2.42. The third kappa shape index (κ3) is 6.53. The molecule has 39 heavy (non-hydrogen) atoms. The van der Waals surface area contributed by atoms with E-state index in [-0.39, 0.29) is 24.7 Å². The first-order chi connectivity index (χ1) is 18.7. The van der Waals surface area contributed by atoms with Crippen molar-refractivity contribution in [2.45, 2.75) is 55.1 Å². The molecule has 12 heteroatoms. The number of ether oxygens (including phenoxy) is 2. The number of thioether (sulfide) groups is 1. The van der Waals surface area contributed by atoms with Gasteiger partial charge < -0.3 is 40.5 Å². The van der Waals surface area contributed by atoms with Crippen LogP contribution in [-0.2, 0) is 19.1 Å². The highest BCUT2D eigenvalue weighted by atomic mass is 32.2. The fourth-order valence-corrected chi connectivity index (χ4v) is 6.22. The number of aliphatic carboxylic acids is 1. The normalized spacial score (nSPS) is 24.8. The van der Waals surface area contributed by atoms with Gasteiger partial charge in [0.25, 0.3) is 0 Å². The molecule has 6 atom stereocenters. The van der Waals surface area contributed by atoms with Gasteiger partial charge in [-0.2, -0.15) is 0 Å². The Labute approximate surface area is 229 Å². The van der Waals surface area contributed by atoms with E-state index in [9.17, 15) is 34.8 Å². The van der Waals surface area contributed by atoms with Crippen LogP contribution in [0.1, 0.15) is 30.4 Å². The van der Waals surface area contributed by atoms with Crippen LogP contribution in [-0.4, -0.2) is 93.2 Å². The molecular formula is C27H32N2O9S. The molecule has 210 valence electrons. The Kier molecular flexibility index (Phi) is 9.46. The zero-order chi connectivity index (χ0) is 28.1. The van der Waals surface area contributed by atoms with Gasteiger partial charge in [-0.25, -0.2) is 9.59 Å². The molecule has 1 aliphatic carbocycles. The first kappa shape index (κ1) is 28.8. The Morgan fingerprint density at radius 1 is 1.03 bits per heavy atom. The molecule has 0 aromatic heterocycles. The lowest BCUT2D eigenvalue weighted by molar-refractivity contribution is -0.173. The molecule has 1 aliphatic heterocycles. The second-order valence-corrected chi connectivity index (χ2v) is 10.7. The number of carbonyl (C=O) groups excluding carboxylic acids is 2. The standard InChI is InChI=1S/C27H32N2O9S/c1-14(31)28-22-24(33)23(32)21(12-30)38-26(22)39-11-10-20(25(34)35)29-27(36)37-13-19-17-8-4-2-6-15(17)16-7-3-5-9-18(16)19/h2-9,19-24,26,30,32-33H,10-13H2,1H3,(H,28,31)(H,29,36)(H,34,35)/t20-,21+,22+,23+,24+,26-/m0/s1. The van der Waals surface area contributed by atoms with Gasteiger partial charge in [0.2, 0.25) is 5.91 Å². The van der Waals surface area contributed by atoms with Gasteiger partial charge in [0.1, 0.15) is 36.4 Å². The molecule has 4 rings (SSSR count). The van der Waals surface area contributed by atoms with Gasteiger partial charge in [-0.1, -0.05) is 48.5 Å². The van der Waals surface area contributed by atoms with Gasteiger partial charge in [-0.3, -0.25) is 4.79 Å². The number of aliphatic hydroxyl groups excluding tert-OH is 3. The van der Waals surface area contributed by atoms with Crippen LogP contribution >= 0.6 is 11.8 Å². The number of fused-ring (bicyclic) bond motifs is 3. The van der Waals surface area contributed by atoms with Gasteiger partial charge in [0.15, 0.2) is 0 Å². The van der Waals surface area contributed by atoms with Crippen LogP contribution in [0.2, 0.25) is 0 Å². The van der Waals surface area contributed by atoms with E-state index in [1.54, 1.807) is 0 Å². The van der Waals surface area contributed by atoms with Crippen LogP contribution in [0.25, 0.3) is 11.1 Å². The van der Waals surface area contributed by atoms with Crippen molar-refractivity contribution in [3.05, 3.63) is 59.7 Å². The predicted octanol–water partition coefficient (Wildman–Crippen LogP) is 1.05. The first-order valence-electron chi connectivity index (χ1n) is 12.6. The lowest BCUT2D eigenvalue weighted by Crippen LogP contribution is -2.63. The summed E-state index contributed by atoms with van der Waals surface area (Å²) in [6.45, 7) is 0.735. The van der Waals surface area contributed by atoms with Gasteiger partial charge >= 0.3 is 12.1 Å². The van der Waals surface area contributed by atoms with E-state index in [0.717, 1.165) is 34.0 Å². The van der Waals surface area contributed by atoms with E-state index in [4.69, 9.17) is 9.47 Å². The molecule has 0 spiro atoms. The molecule has 2 amide bonds. The summed E-state index contributed by atoms with van der Waals surface area (Å²) in [5.41, 5.74) is 3.35. The Morgan fingerprint density at radius 2 is 1.64 bits per heavy atom. The van der Waals surface area contributed by atoms with Crippen molar-refractivity contribution in [3.8, 4) is 11.1 Å². The average molecular weight is 561 g/mol. The van der Waals surface area contributed by atoms with E-state index in [2.05, 4.69) is 10.6 Å². The second kappa shape index (κ2) is 12.8. The van der Waals surface area contributed by atoms with Crippen molar-refractivity contribution in [2.75, 3.05) is 19.0 Å². The van der Waals surface area contributed by atoms with Crippen LogP contribution in [0.15, 0.2) is 48.5 Å². The summed E-state index contributed by atoms with van der Waals surface area (Å²) >= 11 is 1.09. The molecule has 6 N–H and O–H groups in total. The summed E-state index contributed by atoms with van der Waals surface area (Å²) in [7, 11) is 0. The second-order valence-electron chi connectivity index (χ2n) is 9.45. The summed E-state index contributed by atoms with van der Waals surface area (Å²) in [6.07, 6.45) is -4.76. The van der Waals surface area contributed by atoms with Crippen LogP contribution in [0, 0.1) is 0 Å². The number of amides is 2. The molecule has 2 aromatic carbocycles. The van der Waals surface area contributed by atoms with Crippen molar-refractivity contribution >= 4 is 29.7 Å². The van der Waals surface area contributed by atoms with Crippen molar-refractivity contribution in [1.82, 2.24) is 10.6 Å². The topological polar surface area (TPSA) is 175 Å². The summed E-state index contributed by atoms with van der Waals surface area (Å²) < 4.78 is 11.1. The molecule has 0 radical (unpaired) electrons. The third-order valence-electron chi connectivity index (χ3n) is 6.87. The van der Waals surface area contributed by atoms with Crippen molar-refractivity contribution in [2.24, 2.45) is 0 Å².